The predicted octanol–water partition coefficient (Wildman–Crippen LogP) is 4.93. The van der Waals surface area contributed by atoms with Crippen molar-refractivity contribution in [2.75, 3.05) is 36.5 Å². The van der Waals surface area contributed by atoms with Gasteiger partial charge in [0.1, 0.15) is 11.6 Å². The monoisotopic (exact) mass is 600 g/mol. The Morgan fingerprint density at radius 2 is 1.68 bits per heavy atom. The number of benzene rings is 2. The first-order chi connectivity index (χ1) is 21.5. The topological polar surface area (TPSA) is 121 Å². The summed E-state index contributed by atoms with van der Waals surface area (Å²) in [5.41, 5.74) is 2.65. The lowest BCUT2D eigenvalue weighted by Crippen LogP contribution is -2.40. The lowest BCUT2D eigenvalue weighted by molar-refractivity contribution is -0.122. The zero-order chi connectivity index (χ0) is 30.5. The fourth-order valence-electron chi connectivity index (χ4n) is 5.86. The van der Waals surface area contributed by atoms with Crippen LogP contribution in [0.3, 0.4) is 0 Å². The Bertz CT molecular complexity index is 1640. The van der Waals surface area contributed by atoms with Crippen molar-refractivity contribution in [1.82, 2.24) is 24.8 Å². The normalized spacial score (nSPS) is 18.7. The first kappa shape index (κ1) is 29.4. The third-order valence-corrected chi connectivity index (χ3v) is 8.19. The molecular weight excluding hydrogens is 566 g/mol. The number of carbonyl (C=O) groups is 1. The average Bonchev–Trinajstić information content (AvgIpc) is 3.46. The molecule has 6 rings (SSSR count). The number of ether oxygens (including phenoxy) is 1. The van der Waals surface area contributed by atoms with Gasteiger partial charge in [0, 0.05) is 37.7 Å². The number of aryl methyl sites for hydroxylation is 1. The number of nitriles is 1. The number of rotatable bonds is 9. The summed E-state index contributed by atoms with van der Waals surface area (Å²) in [6.07, 6.45) is 1.44. The number of nitrogens with one attached hydrogen (secondary N) is 2. The molecule has 2 aromatic heterocycles. The number of aromatic nitrogens is 4. The minimum Gasteiger partial charge on any atom is -0.378 e. The number of halogens is 2. The van der Waals surface area contributed by atoms with Crippen molar-refractivity contribution in [3.63, 3.8) is 0 Å². The second-order valence-electron chi connectivity index (χ2n) is 11.2. The van der Waals surface area contributed by atoms with Crippen molar-refractivity contribution in [2.45, 2.75) is 57.0 Å². The van der Waals surface area contributed by atoms with Gasteiger partial charge in [-0.25, -0.2) is 13.8 Å². The summed E-state index contributed by atoms with van der Waals surface area (Å²) in [5.74, 6) is 0.994. The summed E-state index contributed by atoms with van der Waals surface area (Å²) >= 11 is 0. The van der Waals surface area contributed by atoms with Gasteiger partial charge >= 0.3 is 0 Å². The molecule has 2 N–H and O–H groups in total. The van der Waals surface area contributed by atoms with Gasteiger partial charge in [-0.3, -0.25) is 9.36 Å². The van der Waals surface area contributed by atoms with Crippen molar-refractivity contribution in [3.8, 4) is 11.9 Å². The molecule has 0 radical (unpaired) electrons. The van der Waals surface area contributed by atoms with Crippen molar-refractivity contribution in [2.24, 2.45) is 0 Å². The Balaban J connectivity index is 1.14. The number of hydrogen-bond donors (Lipinski definition) is 2. The van der Waals surface area contributed by atoms with E-state index in [1.807, 2.05) is 12.1 Å². The molecule has 0 atom stereocenters. The molecule has 10 nitrogen and oxygen atoms in total. The number of para-hydroxylation sites is 2. The number of carbonyl (C=O) groups excluding carboxylic acids is 1. The Labute approximate surface area is 254 Å². The Hall–Kier alpha value is -4.63. The molecule has 44 heavy (non-hydrogen) atoms. The van der Waals surface area contributed by atoms with Crippen LogP contribution in [0, 0.1) is 11.3 Å². The number of imidazole rings is 1. The third-order valence-electron chi connectivity index (χ3n) is 8.19. The number of hydrogen-bond acceptors (Lipinski definition) is 8. The largest absolute Gasteiger partial charge is 0.378 e. The van der Waals surface area contributed by atoms with Crippen LogP contribution in [0.4, 0.5) is 20.5 Å². The molecule has 0 spiro atoms. The van der Waals surface area contributed by atoms with E-state index < -0.39 is 6.43 Å². The number of morpholine rings is 1. The molecule has 2 aliphatic rings. The van der Waals surface area contributed by atoms with E-state index in [4.69, 9.17) is 20.0 Å². The zero-order valence-corrected chi connectivity index (χ0v) is 24.3. The molecule has 3 heterocycles. The highest BCUT2D eigenvalue weighted by molar-refractivity contribution is 5.78. The van der Waals surface area contributed by atoms with E-state index in [1.165, 1.54) is 4.57 Å². The van der Waals surface area contributed by atoms with Gasteiger partial charge < -0.3 is 20.3 Å². The van der Waals surface area contributed by atoms with Crippen molar-refractivity contribution in [3.05, 3.63) is 71.5 Å². The molecule has 1 aliphatic carbocycles. The second-order valence-corrected chi connectivity index (χ2v) is 11.2. The van der Waals surface area contributed by atoms with Gasteiger partial charge in [-0.2, -0.15) is 15.2 Å². The van der Waals surface area contributed by atoms with E-state index in [9.17, 15) is 13.6 Å². The summed E-state index contributed by atoms with van der Waals surface area (Å²) in [6, 6.07) is 18.3. The SMILES string of the molecule is N#Cc1ccc(CCC(=O)NC2CCC(Nc3nc(N4CCOCC4)cc(-n4c(C(F)F)nc5ccccc54)n3)CC2)cc1. The van der Waals surface area contributed by atoms with Crippen molar-refractivity contribution >= 4 is 28.7 Å². The maximum atomic E-state index is 14.2. The maximum Gasteiger partial charge on any atom is 0.296 e. The van der Waals surface area contributed by atoms with Crippen LogP contribution in [0.1, 0.15) is 55.5 Å². The van der Waals surface area contributed by atoms with Gasteiger partial charge in [0.05, 0.1) is 35.9 Å². The summed E-state index contributed by atoms with van der Waals surface area (Å²) in [4.78, 5) is 28.4. The Kier molecular flexibility index (Phi) is 8.93. The smallest absolute Gasteiger partial charge is 0.296 e. The molecule has 1 aliphatic heterocycles. The lowest BCUT2D eigenvalue weighted by Gasteiger charge is -2.31. The highest BCUT2D eigenvalue weighted by Gasteiger charge is 2.26. The third kappa shape index (κ3) is 6.78. The van der Waals surface area contributed by atoms with Gasteiger partial charge in [-0.1, -0.05) is 24.3 Å². The molecule has 0 unspecified atom stereocenters. The molecule has 228 valence electrons. The fraction of sp³-hybridized carbons (Fsp3) is 0.406. The van der Waals surface area contributed by atoms with Crippen molar-refractivity contribution in [1.29, 1.82) is 5.26 Å². The maximum absolute atomic E-state index is 14.2. The molecule has 4 aromatic rings. The number of anilines is 2. The minimum atomic E-state index is -2.78. The van der Waals surface area contributed by atoms with E-state index >= 15 is 0 Å². The van der Waals surface area contributed by atoms with Gasteiger partial charge in [0.2, 0.25) is 11.9 Å². The quantitative estimate of drug-likeness (QED) is 0.277. The molecule has 1 saturated carbocycles. The molecule has 1 amide bonds. The van der Waals surface area contributed by atoms with E-state index in [0.717, 1.165) is 31.2 Å². The lowest BCUT2D eigenvalue weighted by atomic mass is 9.91. The predicted molar refractivity (Wildman–Crippen MR) is 162 cm³/mol. The van der Waals surface area contributed by atoms with Crippen molar-refractivity contribution < 1.29 is 18.3 Å². The molecular formula is C32H34F2N8O2. The highest BCUT2D eigenvalue weighted by Crippen LogP contribution is 2.30. The van der Waals surface area contributed by atoms with Crippen LogP contribution < -0.4 is 15.5 Å². The Morgan fingerprint density at radius 1 is 0.977 bits per heavy atom. The molecule has 0 bridgehead atoms. The van der Waals surface area contributed by atoms with Crippen LogP contribution in [0.15, 0.2) is 54.6 Å². The molecule has 2 fully saturated rings. The molecule has 12 heteroatoms. The summed E-state index contributed by atoms with van der Waals surface area (Å²) in [6.45, 7) is 2.39. The van der Waals surface area contributed by atoms with E-state index in [0.29, 0.717) is 73.3 Å². The van der Waals surface area contributed by atoms with Gasteiger partial charge in [-0.15, -0.1) is 0 Å². The van der Waals surface area contributed by atoms with Gasteiger partial charge in [0.15, 0.2) is 5.82 Å². The van der Waals surface area contributed by atoms with Crippen LogP contribution in [0.2, 0.25) is 0 Å². The van der Waals surface area contributed by atoms with Crippen LogP contribution in [0.25, 0.3) is 16.9 Å². The second kappa shape index (κ2) is 13.3. The van der Waals surface area contributed by atoms with Gasteiger partial charge in [0.25, 0.3) is 6.43 Å². The number of alkyl halides is 2. The number of fused-ring (bicyclic) bond motifs is 1. The summed E-state index contributed by atoms with van der Waals surface area (Å²) in [5, 5.41) is 15.6. The number of nitrogens with zero attached hydrogens (tertiary/aromatic N) is 6. The first-order valence-corrected chi connectivity index (χ1v) is 15.0. The van der Waals surface area contributed by atoms with Crippen LogP contribution in [-0.2, 0) is 16.0 Å². The fourth-order valence-corrected chi connectivity index (χ4v) is 5.86. The van der Waals surface area contributed by atoms with E-state index in [2.05, 4.69) is 26.6 Å². The van der Waals surface area contributed by atoms with E-state index in [-0.39, 0.29) is 23.8 Å². The van der Waals surface area contributed by atoms with Crippen LogP contribution >= 0.6 is 0 Å². The molecule has 2 aromatic carbocycles. The van der Waals surface area contributed by atoms with Crippen LogP contribution in [0.5, 0.6) is 0 Å². The average molecular weight is 601 g/mol. The summed E-state index contributed by atoms with van der Waals surface area (Å²) < 4.78 is 35.2. The number of amides is 1. The van der Waals surface area contributed by atoms with Gasteiger partial charge in [-0.05, 0) is 61.9 Å². The highest BCUT2D eigenvalue weighted by atomic mass is 19.3. The Morgan fingerprint density at radius 3 is 2.41 bits per heavy atom. The van der Waals surface area contributed by atoms with E-state index in [1.54, 1.807) is 42.5 Å². The molecule has 1 saturated heterocycles. The summed E-state index contributed by atoms with van der Waals surface area (Å²) in [7, 11) is 0. The standard InChI is InChI=1S/C32H34F2N8O2/c33-30(34)31-38-25-3-1-2-4-26(25)42(31)28-19-27(41-15-17-44-18-16-41)39-32(40-28)37-24-12-10-23(11-13-24)36-29(43)14-9-21-5-7-22(20-35)8-6-21/h1-8,19,23-24,30H,9-18H2,(H,36,43)(H,37,39,40). The minimum absolute atomic E-state index is 0.0133. The van der Waals surface area contributed by atoms with Crippen LogP contribution in [-0.4, -0.2) is 63.8 Å². The first-order valence-electron chi connectivity index (χ1n) is 15.0. The zero-order valence-electron chi connectivity index (χ0n) is 24.3.